The van der Waals surface area contributed by atoms with Gasteiger partial charge in [-0.3, -0.25) is 0 Å². The van der Waals surface area contributed by atoms with Crippen molar-refractivity contribution in [1.29, 1.82) is 0 Å². The molecule has 7 heteroatoms. The molecule has 0 saturated carbocycles. The molecule has 0 aliphatic heterocycles. The summed E-state index contributed by atoms with van der Waals surface area (Å²) >= 11 is 0. The minimum absolute atomic E-state index is 0.0180. The van der Waals surface area contributed by atoms with Crippen molar-refractivity contribution in [2.24, 2.45) is 0 Å². The number of rotatable bonds is 11. The van der Waals surface area contributed by atoms with Crippen LogP contribution in [0.3, 0.4) is 0 Å². The van der Waals surface area contributed by atoms with Crippen LogP contribution < -0.4 is 0 Å². The van der Waals surface area contributed by atoms with E-state index in [1.807, 2.05) is 6.92 Å². The van der Waals surface area contributed by atoms with E-state index in [-0.39, 0.29) is 21.8 Å². The van der Waals surface area contributed by atoms with Crippen LogP contribution in [0.1, 0.15) is 13.3 Å². The zero-order chi connectivity index (χ0) is 17.2. The van der Waals surface area contributed by atoms with Crippen molar-refractivity contribution in [3.63, 3.8) is 0 Å². The van der Waals surface area contributed by atoms with Crippen molar-refractivity contribution in [3.8, 4) is 0 Å². The second-order valence-electron chi connectivity index (χ2n) is 7.41. The van der Waals surface area contributed by atoms with Crippen LogP contribution in [-0.4, -0.2) is 45.0 Å². The molecule has 0 aromatic rings. The van der Waals surface area contributed by atoms with Crippen LogP contribution in [0.25, 0.3) is 0 Å². The van der Waals surface area contributed by atoms with Crippen molar-refractivity contribution < 1.29 is 18.4 Å². The van der Waals surface area contributed by atoms with Gasteiger partial charge in [0.2, 0.25) is 0 Å². The number of allylic oxidation sites excluding steroid dienone is 1. The van der Waals surface area contributed by atoms with Gasteiger partial charge in [0.25, 0.3) is 0 Å². The van der Waals surface area contributed by atoms with Gasteiger partial charge in [0.1, 0.15) is 6.29 Å². The van der Waals surface area contributed by atoms with Crippen molar-refractivity contribution in [2.45, 2.75) is 71.0 Å². The molecule has 0 aliphatic rings. The van der Waals surface area contributed by atoms with Gasteiger partial charge in [-0.2, -0.15) is 0 Å². The van der Waals surface area contributed by atoms with E-state index in [1.165, 1.54) is 6.08 Å². The van der Waals surface area contributed by atoms with E-state index in [2.05, 4.69) is 39.3 Å². The van der Waals surface area contributed by atoms with Crippen LogP contribution in [0.15, 0.2) is 12.2 Å². The van der Waals surface area contributed by atoms with Gasteiger partial charge in [-0.1, -0.05) is 12.1 Å². The molecule has 0 N–H and O–H groups in total. The maximum absolute atomic E-state index is 11.2. The Hall–Kier alpha value is -0.219. The lowest BCUT2D eigenvalue weighted by atomic mass is 10.5. The quantitative estimate of drug-likeness (QED) is 0.185. The van der Waals surface area contributed by atoms with Crippen molar-refractivity contribution in [1.82, 2.24) is 0 Å². The van der Waals surface area contributed by atoms with Gasteiger partial charge in [0.05, 0.1) is 6.61 Å². The molecular formula is C15H34O4Si3. The first-order valence-electron chi connectivity index (χ1n) is 8.18. The third kappa shape index (κ3) is 14.7. The SMILES string of the molecule is CC=CC(=O)OCCC[SiH2]CC(O[Si](C)(C)C)O[Si](C)(C)C. The van der Waals surface area contributed by atoms with Gasteiger partial charge in [0, 0.05) is 15.6 Å². The highest BCUT2D eigenvalue weighted by Crippen LogP contribution is 2.17. The maximum Gasteiger partial charge on any atom is 0.330 e. The third-order valence-corrected chi connectivity index (χ3v) is 6.42. The van der Waals surface area contributed by atoms with Crippen molar-refractivity contribution in [3.05, 3.63) is 12.2 Å². The van der Waals surface area contributed by atoms with Crippen LogP contribution >= 0.6 is 0 Å². The molecule has 22 heavy (non-hydrogen) atoms. The van der Waals surface area contributed by atoms with Crippen LogP contribution in [0.4, 0.5) is 0 Å². The second-order valence-corrected chi connectivity index (χ2v) is 18.3. The van der Waals surface area contributed by atoms with E-state index >= 15 is 0 Å². The van der Waals surface area contributed by atoms with Gasteiger partial charge in [-0.05, 0) is 58.7 Å². The fraction of sp³-hybridized carbons (Fsp3) is 0.800. The van der Waals surface area contributed by atoms with Gasteiger partial charge >= 0.3 is 5.97 Å². The summed E-state index contributed by atoms with van der Waals surface area (Å²) < 4.78 is 17.5. The number of carbonyl (C=O) groups excluding carboxylic acids is 1. The topological polar surface area (TPSA) is 44.8 Å². The fourth-order valence-electron chi connectivity index (χ4n) is 1.88. The molecule has 0 heterocycles. The monoisotopic (exact) mass is 362 g/mol. The molecule has 0 fully saturated rings. The highest BCUT2D eigenvalue weighted by Gasteiger charge is 2.26. The van der Waals surface area contributed by atoms with E-state index in [4.69, 9.17) is 13.6 Å². The summed E-state index contributed by atoms with van der Waals surface area (Å²) in [7, 11) is -3.40. The zero-order valence-electron chi connectivity index (χ0n) is 15.4. The molecule has 0 aromatic carbocycles. The van der Waals surface area contributed by atoms with Crippen LogP contribution in [0.2, 0.25) is 51.4 Å². The largest absolute Gasteiger partial charge is 0.463 e. The second kappa shape index (κ2) is 10.5. The Morgan fingerprint density at radius 2 is 1.64 bits per heavy atom. The summed E-state index contributed by atoms with van der Waals surface area (Å²) in [6.45, 7) is 15.6. The third-order valence-electron chi connectivity index (χ3n) is 2.60. The Labute approximate surface area is 140 Å². The van der Waals surface area contributed by atoms with E-state index in [1.54, 1.807) is 6.08 Å². The summed E-state index contributed by atoms with van der Waals surface area (Å²) in [4.78, 5) is 11.2. The van der Waals surface area contributed by atoms with Gasteiger partial charge in [-0.15, -0.1) is 0 Å². The minimum Gasteiger partial charge on any atom is -0.463 e. The molecule has 0 aliphatic carbocycles. The normalized spacial score (nSPS) is 13.6. The first-order chi connectivity index (χ1) is 10.0. The van der Waals surface area contributed by atoms with Crippen LogP contribution in [-0.2, 0) is 18.4 Å². The highest BCUT2D eigenvalue weighted by atomic mass is 28.4. The number of ether oxygens (including phenoxy) is 1. The predicted octanol–water partition coefficient (Wildman–Crippen LogP) is 3.53. The molecule has 0 atom stereocenters. The lowest BCUT2D eigenvalue weighted by Gasteiger charge is -2.31. The molecule has 4 nitrogen and oxygen atoms in total. The molecule has 0 bridgehead atoms. The Kier molecular flexibility index (Phi) is 10.4. The summed E-state index contributed by atoms with van der Waals surface area (Å²) in [5.41, 5.74) is 0. The van der Waals surface area contributed by atoms with Gasteiger partial charge < -0.3 is 13.6 Å². The van der Waals surface area contributed by atoms with E-state index in [0.717, 1.165) is 18.5 Å². The molecule has 0 radical (unpaired) electrons. The van der Waals surface area contributed by atoms with Gasteiger partial charge in [-0.25, -0.2) is 4.79 Å². The predicted molar refractivity (Wildman–Crippen MR) is 101 cm³/mol. The first kappa shape index (κ1) is 21.8. The zero-order valence-corrected chi connectivity index (χ0v) is 18.8. The molecule has 130 valence electrons. The Morgan fingerprint density at radius 1 is 1.09 bits per heavy atom. The smallest absolute Gasteiger partial charge is 0.330 e. The van der Waals surface area contributed by atoms with Crippen molar-refractivity contribution >= 4 is 32.1 Å². The lowest BCUT2D eigenvalue weighted by Crippen LogP contribution is -2.40. The van der Waals surface area contributed by atoms with E-state index < -0.39 is 16.6 Å². The lowest BCUT2D eigenvalue weighted by molar-refractivity contribution is -0.137. The molecule has 0 rings (SSSR count). The first-order valence-corrected chi connectivity index (χ1v) is 17.0. The summed E-state index contributed by atoms with van der Waals surface area (Å²) in [5.74, 6) is -0.244. The number of carbonyl (C=O) groups is 1. The van der Waals surface area contributed by atoms with E-state index in [0.29, 0.717) is 6.61 Å². The summed E-state index contributed by atoms with van der Waals surface area (Å²) in [6, 6.07) is 2.21. The molecule has 0 saturated heterocycles. The van der Waals surface area contributed by atoms with Crippen molar-refractivity contribution in [2.75, 3.05) is 6.61 Å². The molecular weight excluding hydrogens is 328 g/mol. The Bertz CT molecular complexity index is 330. The molecule has 0 spiro atoms. The number of hydrogen-bond donors (Lipinski definition) is 0. The molecule has 0 amide bonds. The fourth-order valence-corrected chi connectivity index (χ4v) is 5.77. The highest BCUT2D eigenvalue weighted by molar-refractivity contribution is 6.70. The van der Waals surface area contributed by atoms with Gasteiger partial charge in [0.15, 0.2) is 16.6 Å². The Morgan fingerprint density at radius 3 is 2.09 bits per heavy atom. The maximum atomic E-state index is 11.2. The number of hydrogen-bond acceptors (Lipinski definition) is 4. The van der Waals surface area contributed by atoms with Crippen LogP contribution in [0, 0.1) is 0 Å². The Balaban J connectivity index is 4.00. The standard InChI is InChI=1S/C15H34O4Si3/c1-8-10-14(16)17-11-9-12-20-13-15(18-21(2,3)4)19-22(5,6)7/h8,10,15H,9,11-13,20H2,1-7H3. The summed E-state index contributed by atoms with van der Waals surface area (Å²) in [6.07, 6.45) is 4.08. The number of esters is 1. The minimum atomic E-state index is -1.58. The van der Waals surface area contributed by atoms with E-state index in [9.17, 15) is 4.79 Å². The summed E-state index contributed by atoms with van der Waals surface area (Å²) in [5, 5.41) is 0. The molecule has 0 aromatic heterocycles. The molecule has 0 unspecified atom stereocenters. The van der Waals surface area contributed by atoms with Crippen LogP contribution in [0.5, 0.6) is 0 Å². The average Bonchev–Trinajstić information content (AvgIpc) is 2.29. The average molecular weight is 363 g/mol.